The molecule has 1 saturated heterocycles. The SMILES string of the molecule is CN(CCCCCO)CC(=O)NCC1CCCO1. The van der Waals surface area contributed by atoms with Crippen LogP contribution < -0.4 is 5.32 Å². The van der Waals surface area contributed by atoms with Gasteiger partial charge in [-0.25, -0.2) is 0 Å². The number of ether oxygens (including phenoxy) is 1. The molecule has 1 atom stereocenters. The number of carbonyl (C=O) groups is 1. The minimum atomic E-state index is 0.0650. The van der Waals surface area contributed by atoms with E-state index in [0.29, 0.717) is 13.1 Å². The van der Waals surface area contributed by atoms with Gasteiger partial charge >= 0.3 is 0 Å². The maximum absolute atomic E-state index is 11.7. The number of aliphatic hydroxyl groups is 1. The van der Waals surface area contributed by atoms with Crippen LogP contribution in [-0.4, -0.2) is 61.9 Å². The number of hydrogen-bond acceptors (Lipinski definition) is 4. The molecule has 0 aromatic heterocycles. The van der Waals surface area contributed by atoms with Gasteiger partial charge in [0.2, 0.25) is 5.91 Å². The van der Waals surface area contributed by atoms with Gasteiger partial charge in [-0.2, -0.15) is 0 Å². The summed E-state index contributed by atoms with van der Waals surface area (Å²) in [4.78, 5) is 13.7. The molecule has 0 radical (unpaired) electrons. The number of unbranched alkanes of at least 4 members (excludes halogenated alkanes) is 2. The fourth-order valence-electron chi connectivity index (χ4n) is 2.08. The van der Waals surface area contributed by atoms with E-state index in [1.54, 1.807) is 0 Å². The molecular formula is C13H26N2O3. The van der Waals surface area contributed by atoms with Gasteiger partial charge in [-0.1, -0.05) is 0 Å². The Kier molecular flexibility index (Phi) is 7.96. The molecule has 0 aliphatic carbocycles. The van der Waals surface area contributed by atoms with Crippen LogP contribution in [0.1, 0.15) is 32.1 Å². The lowest BCUT2D eigenvalue weighted by Gasteiger charge is -2.17. The first-order valence-electron chi connectivity index (χ1n) is 6.90. The first kappa shape index (κ1) is 15.4. The topological polar surface area (TPSA) is 61.8 Å². The Balaban J connectivity index is 2.00. The molecule has 1 fully saturated rings. The minimum Gasteiger partial charge on any atom is -0.396 e. The highest BCUT2D eigenvalue weighted by Gasteiger charge is 2.16. The first-order chi connectivity index (χ1) is 8.72. The summed E-state index contributed by atoms with van der Waals surface area (Å²) >= 11 is 0. The largest absolute Gasteiger partial charge is 0.396 e. The van der Waals surface area contributed by atoms with Gasteiger partial charge in [-0.15, -0.1) is 0 Å². The van der Waals surface area contributed by atoms with E-state index in [4.69, 9.17) is 9.84 Å². The molecule has 106 valence electrons. The zero-order valence-corrected chi connectivity index (χ0v) is 11.4. The van der Waals surface area contributed by atoms with E-state index in [9.17, 15) is 4.79 Å². The normalized spacial score (nSPS) is 19.4. The number of nitrogens with one attached hydrogen (secondary N) is 1. The second kappa shape index (κ2) is 9.30. The first-order valence-corrected chi connectivity index (χ1v) is 6.90. The van der Waals surface area contributed by atoms with E-state index in [0.717, 1.165) is 45.3 Å². The van der Waals surface area contributed by atoms with Crippen LogP contribution >= 0.6 is 0 Å². The average molecular weight is 258 g/mol. The van der Waals surface area contributed by atoms with Gasteiger partial charge < -0.3 is 15.2 Å². The molecule has 1 heterocycles. The fraction of sp³-hybridized carbons (Fsp3) is 0.923. The van der Waals surface area contributed by atoms with Crippen molar-refractivity contribution in [1.82, 2.24) is 10.2 Å². The Morgan fingerprint density at radius 3 is 2.94 bits per heavy atom. The Bertz CT molecular complexity index is 230. The Labute approximate surface area is 109 Å². The van der Waals surface area contributed by atoms with Crippen molar-refractivity contribution in [3.05, 3.63) is 0 Å². The van der Waals surface area contributed by atoms with E-state index in [1.807, 2.05) is 11.9 Å². The van der Waals surface area contributed by atoms with Crippen LogP contribution in [0.2, 0.25) is 0 Å². The summed E-state index contributed by atoms with van der Waals surface area (Å²) < 4.78 is 5.45. The third-order valence-corrected chi connectivity index (χ3v) is 3.16. The van der Waals surface area contributed by atoms with Gasteiger partial charge in [-0.05, 0) is 45.7 Å². The number of carbonyl (C=O) groups excluding carboxylic acids is 1. The summed E-state index contributed by atoms with van der Waals surface area (Å²) in [7, 11) is 1.95. The van der Waals surface area contributed by atoms with Crippen LogP contribution in [0.3, 0.4) is 0 Å². The monoisotopic (exact) mass is 258 g/mol. The van der Waals surface area contributed by atoms with Gasteiger partial charge in [0, 0.05) is 19.8 Å². The lowest BCUT2D eigenvalue weighted by Crippen LogP contribution is -2.39. The summed E-state index contributed by atoms with van der Waals surface area (Å²) in [6, 6.07) is 0. The maximum atomic E-state index is 11.7. The van der Waals surface area contributed by atoms with Crippen LogP contribution in [0.15, 0.2) is 0 Å². The molecule has 0 aromatic rings. The molecule has 1 amide bonds. The number of likely N-dealkylation sites (N-methyl/N-ethyl adjacent to an activating group) is 1. The van der Waals surface area contributed by atoms with Gasteiger partial charge in [0.1, 0.15) is 0 Å². The standard InChI is InChI=1S/C13H26N2O3/c1-15(7-3-2-4-8-16)11-13(17)14-10-12-6-5-9-18-12/h12,16H,2-11H2,1H3,(H,14,17). The van der Waals surface area contributed by atoms with Crippen molar-refractivity contribution < 1.29 is 14.6 Å². The summed E-state index contributed by atoms with van der Waals surface area (Å²) in [5, 5.41) is 11.6. The second-order valence-corrected chi connectivity index (χ2v) is 4.96. The van der Waals surface area contributed by atoms with Crippen molar-refractivity contribution in [1.29, 1.82) is 0 Å². The van der Waals surface area contributed by atoms with Gasteiger partial charge in [0.25, 0.3) is 0 Å². The molecule has 5 heteroatoms. The number of rotatable bonds is 9. The van der Waals surface area contributed by atoms with Crippen molar-refractivity contribution >= 4 is 5.91 Å². The maximum Gasteiger partial charge on any atom is 0.234 e. The highest BCUT2D eigenvalue weighted by Crippen LogP contribution is 2.10. The molecule has 5 nitrogen and oxygen atoms in total. The zero-order chi connectivity index (χ0) is 13.2. The lowest BCUT2D eigenvalue weighted by molar-refractivity contribution is -0.122. The highest BCUT2D eigenvalue weighted by atomic mass is 16.5. The Morgan fingerprint density at radius 1 is 1.44 bits per heavy atom. The van der Waals surface area contributed by atoms with Crippen molar-refractivity contribution in [3.63, 3.8) is 0 Å². The Morgan fingerprint density at radius 2 is 2.28 bits per heavy atom. The van der Waals surface area contributed by atoms with Crippen LogP contribution in [0.4, 0.5) is 0 Å². The van der Waals surface area contributed by atoms with Crippen molar-refractivity contribution in [2.24, 2.45) is 0 Å². The van der Waals surface area contributed by atoms with Crippen molar-refractivity contribution in [2.45, 2.75) is 38.2 Å². The molecule has 18 heavy (non-hydrogen) atoms. The van der Waals surface area contributed by atoms with E-state index in [-0.39, 0.29) is 18.6 Å². The zero-order valence-electron chi connectivity index (χ0n) is 11.4. The fourth-order valence-corrected chi connectivity index (χ4v) is 2.08. The second-order valence-electron chi connectivity index (χ2n) is 4.96. The number of nitrogens with zero attached hydrogens (tertiary/aromatic N) is 1. The molecule has 1 unspecified atom stereocenters. The van der Waals surface area contributed by atoms with Crippen molar-refractivity contribution in [3.8, 4) is 0 Å². The predicted molar refractivity (Wildman–Crippen MR) is 70.4 cm³/mol. The van der Waals surface area contributed by atoms with Crippen LogP contribution in [0.25, 0.3) is 0 Å². The average Bonchev–Trinajstić information content (AvgIpc) is 2.85. The summed E-state index contributed by atoms with van der Waals surface area (Å²) in [6.45, 7) is 3.05. The molecule has 1 rings (SSSR count). The predicted octanol–water partition coefficient (Wildman–Crippen LogP) is 0.376. The molecule has 0 bridgehead atoms. The van der Waals surface area contributed by atoms with Crippen LogP contribution in [0, 0.1) is 0 Å². The third-order valence-electron chi connectivity index (χ3n) is 3.16. The molecule has 0 aromatic carbocycles. The third kappa shape index (κ3) is 6.93. The van der Waals surface area contributed by atoms with E-state index in [2.05, 4.69) is 5.32 Å². The highest BCUT2D eigenvalue weighted by molar-refractivity contribution is 5.77. The number of hydrogen-bond donors (Lipinski definition) is 2. The van der Waals surface area contributed by atoms with Crippen molar-refractivity contribution in [2.75, 3.05) is 39.9 Å². The van der Waals surface area contributed by atoms with Crippen LogP contribution in [0.5, 0.6) is 0 Å². The van der Waals surface area contributed by atoms with Gasteiger partial charge in [0.05, 0.1) is 12.6 Å². The summed E-state index contributed by atoms with van der Waals surface area (Å²) in [5.74, 6) is 0.0650. The van der Waals surface area contributed by atoms with Crippen LogP contribution in [-0.2, 0) is 9.53 Å². The summed E-state index contributed by atoms with van der Waals surface area (Å²) in [5.41, 5.74) is 0. The van der Waals surface area contributed by atoms with E-state index in [1.165, 1.54) is 0 Å². The Hall–Kier alpha value is -0.650. The molecule has 0 spiro atoms. The quantitative estimate of drug-likeness (QED) is 0.587. The summed E-state index contributed by atoms with van der Waals surface area (Å²) in [6.07, 6.45) is 5.25. The smallest absolute Gasteiger partial charge is 0.234 e. The minimum absolute atomic E-state index is 0.0650. The molecular weight excluding hydrogens is 232 g/mol. The number of aliphatic hydroxyl groups excluding tert-OH is 1. The molecule has 0 saturated carbocycles. The molecule has 2 N–H and O–H groups in total. The number of amides is 1. The molecule has 1 aliphatic rings. The lowest BCUT2D eigenvalue weighted by atomic mass is 10.2. The van der Waals surface area contributed by atoms with E-state index >= 15 is 0 Å². The van der Waals surface area contributed by atoms with E-state index < -0.39 is 0 Å². The molecule has 1 aliphatic heterocycles. The van der Waals surface area contributed by atoms with Gasteiger partial charge in [-0.3, -0.25) is 9.69 Å². The van der Waals surface area contributed by atoms with Gasteiger partial charge in [0.15, 0.2) is 0 Å².